The van der Waals surface area contributed by atoms with Crippen molar-refractivity contribution >= 4 is 21.9 Å². The Labute approximate surface area is 108 Å². The number of amides is 1. The number of aromatic nitrogens is 1. The van der Waals surface area contributed by atoms with E-state index in [9.17, 15) is 18.0 Å². The number of sulfonamides is 1. The molecule has 5 N–H and O–H groups in total. The third-order valence-electron chi connectivity index (χ3n) is 2.28. The molecule has 0 saturated heterocycles. The van der Waals surface area contributed by atoms with Gasteiger partial charge in [0.25, 0.3) is 5.91 Å². The highest BCUT2D eigenvalue weighted by atomic mass is 32.2. The first-order valence-corrected chi connectivity index (χ1v) is 6.56. The SMILES string of the molecule is Cn1cc(S(N)(=O)=O)cc1C(=O)NCC(O)C(=O)O. The molecule has 1 unspecified atom stereocenters. The topological polar surface area (TPSA) is 152 Å². The van der Waals surface area contributed by atoms with E-state index >= 15 is 0 Å². The van der Waals surface area contributed by atoms with E-state index in [0.29, 0.717) is 0 Å². The summed E-state index contributed by atoms with van der Waals surface area (Å²) in [6.07, 6.45) is -0.584. The van der Waals surface area contributed by atoms with Gasteiger partial charge < -0.3 is 20.1 Å². The van der Waals surface area contributed by atoms with Gasteiger partial charge in [-0.3, -0.25) is 4.79 Å². The van der Waals surface area contributed by atoms with E-state index in [-0.39, 0.29) is 10.6 Å². The molecule has 0 radical (unpaired) electrons. The Bertz CT molecular complexity index is 605. The lowest BCUT2D eigenvalue weighted by Gasteiger charge is -2.07. The van der Waals surface area contributed by atoms with Crippen LogP contribution in [-0.4, -0.2) is 47.7 Å². The number of aliphatic hydroxyl groups excluding tert-OH is 1. The van der Waals surface area contributed by atoms with Crippen molar-refractivity contribution in [2.45, 2.75) is 11.0 Å². The van der Waals surface area contributed by atoms with Crippen molar-refractivity contribution in [3.8, 4) is 0 Å². The average Bonchev–Trinajstić information content (AvgIpc) is 2.67. The summed E-state index contributed by atoms with van der Waals surface area (Å²) in [5, 5.41) is 24.5. The van der Waals surface area contributed by atoms with Gasteiger partial charge in [-0.25, -0.2) is 18.4 Å². The van der Waals surface area contributed by atoms with Gasteiger partial charge in [-0.1, -0.05) is 0 Å². The highest BCUT2D eigenvalue weighted by Crippen LogP contribution is 2.11. The van der Waals surface area contributed by atoms with E-state index in [4.69, 9.17) is 15.4 Å². The van der Waals surface area contributed by atoms with E-state index in [0.717, 1.165) is 12.3 Å². The van der Waals surface area contributed by atoms with Crippen LogP contribution in [0.2, 0.25) is 0 Å². The Hall–Kier alpha value is -1.91. The third-order valence-corrected chi connectivity index (χ3v) is 3.16. The summed E-state index contributed by atoms with van der Waals surface area (Å²) in [4.78, 5) is 21.8. The Kier molecular flexibility index (Phi) is 4.29. The van der Waals surface area contributed by atoms with Crippen molar-refractivity contribution in [1.29, 1.82) is 0 Å². The summed E-state index contributed by atoms with van der Waals surface area (Å²) < 4.78 is 23.4. The normalized spacial score (nSPS) is 13.0. The zero-order valence-corrected chi connectivity index (χ0v) is 10.7. The number of hydrogen-bond acceptors (Lipinski definition) is 5. The van der Waals surface area contributed by atoms with E-state index in [1.807, 2.05) is 0 Å². The monoisotopic (exact) mass is 291 g/mol. The summed E-state index contributed by atoms with van der Waals surface area (Å²) in [6.45, 7) is -0.496. The number of hydrogen-bond donors (Lipinski definition) is 4. The predicted molar refractivity (Wildman–Crippen MR) is 62.8 cm³/mol. The smallest absolute Gasteiger partial charge is 0.334 e. The summed E-state index contributed by atoms with van der Waals surface area (Å²) >= 11 is 0. The van der Waals surface area contributed by atoms with Gasteiger partial charge in [-0.05, 0) is 6.07 Å². The van der Waals surface area contributed by atoms with Gasteiger partial charge in [-0.15, -0.1) is 0 Å². The van der Waals surface area contributed by atoms with Crippen LogP contribution in [-0.2, 0) is 21.9 Å². The van der Waals surface area contributed by atoms with Gasteiger partial charge >= 0.3 is 5.97 Å². The first kappa shape index (κ1) is 15.1. The molecule has 0 saturated carbocycles. The quantitative estimate of drug-likeness (QED) is 0.485. The number of carboxylic acid groups (broad SMARTS) is 1. The third kappa shape index (κ3) is 3.77. The first-order chi connectivity index (χ1) is 8.62. The van der Waals surface area contributed by atoms with Crippen molar-refractivity contribution < 1.29 is 28.2 Å². The second-order valence-electron chi connectivity index (χ2n) is 3.78. The van der Waals surface area contributed by atoms with Crippen LogP contribution in [0.25, 0.3) is 0 Å². The summed E-state index contributed by atoms with van der Waals surface area (Å²) in [7, 11) is -2.50. The molecule has 0 spiro atoms. The van der Waals surface area contributed by atoms with E-state index in [1.165, 1.54) is 11.6 Å². The fourth-order valence-electron chi connectivity index (χ4n) is 1.28. The van der Waals surface area contributed by atoms with Crippen LogP contribution in [0.1, 0.15) is 10.5 Å². The van der Waals surface area contributed by atoms with Gasteiger partial charge in [0, 0.05) is 13.2 Å². The number of rotatable bonds is 5. The highest BCUT2D eigenvalue weighted by Gasteiger charge is 2.19. The van der Waals surface area contributed by atoms with Crippen molar-refractivity contribution in [2.75, 3.05) is 6.54 Å². The second-order valence-corrected chi connectivity index (χ2v) is 5.34. The number of aliphatic carboxylic acids is 1. The van der Waals surface area contributed by atoms with Crippen molar-refractivity contribution in [1.82, 2.24) is 9.88 Å². The Balaban J connectivity index is 2.84. The molecule has 0 aliphatic heterocycles. The largest absolute Gasteiger partial charge is 0.479 e. The predicted octanol–water partition coefficient (Wildman–Crippen LogP) is -2.15. The molecule has 0 aliphatic rings. The minimum atomic E-state index is -3.93. The zero-order chi connectivity index (χ0) is 14.8. The lowest BCUT2D eigenvalue weighted by molar-refractivity contribution is -0.146. The van der Waals surface area contributed by atoms with Crippen LogP contribution >= 0.6 is 0 Å². The number of aliphatic hydroxyl groups is 1. The maximum absolute atomic E-state index is 11.7. The number of carbonyl (C=O) groups is 2. The van der Waals surface area contributed by atoms with Crippen LogP contribution in [0, 0.1) is 0 Å². The number of carbonyl (C=O) groups excluding carboxylic acids is 1. The lowest BCUT2D eigenvalue weighted by atomic mass is 10.3. The fraction of sp³-hybridized carbons (Fsp3) is 0.333. The minimum absolute atomic E-state index is 0.0263. The molecule has 0 aromatic carbocycles. The van der Waals surface area contributed by atoms with Crippen LogP contribution in [0.5, 0.6) is 0 Å². The van der Waals surface area contributed by atoms with Gasteiger partial charge in [0.05, 0.1) is 6.54 Å². The molecule has 106 valence electrons. The van der Waals surface area contributed by atoms with Gasteiger partial charge in [-0.2, -0.15) is 0 Å². The van der Waals surface area contributed by atoms with Crippen molar-refractivity contribution in [3.63, 3.8) is 0 Å². The molecule has 1 aromatic rings. The summed E-state index contributed by atoms with van der Waals surface area (Å²) in [5.74, 6) is -2.20. The van der Waals surface area contributed by atoms with Crippen LogP contribution < -0.4 is 10.5 Å². The molecular weight excluding hydrogens is 278 g/mol. The molecule has 19 heavy (non-hydrogen) atoms. The molecule has 1 aromatic heterocycles. The van der Waals surface area contributed by atoms with Gasteiger partial charge in [0.15, 0.2) is 6.10 Å². The van der Waals surface area contributed by atoms with Gasteiger partial charge in [0.1, 0.15) is 10.6 Å². The maximum Gasteiger partial charge on any atom is 0.334 e. The maximum atomic E-state index is 11.7. The Morgan fingerprint density at radius 3 is 2.53 bits per heavy atom. The molecule has 9 nitrogen and oxygen atoms in total. The number of nitrogens with zero attached hydrogens (tertiary/aromatic N) is 1. The summed E-state index contributed by atoms with van der Waals surface area (Å²) in [5.41, 5.74) is -0.0263. The van der Waals surface area contributed by atoms with E-state index in [1.54, 1.807) is 0 Å². The van der Waals surface area contributed by atoms with Crippen LogP contribution in [0.15, 0.2) is 17.2 Å². The molecule has 10 heteroatoms. The number of nitrogens with two attached hydrogens (primary N) is 1. The Morgan fingerprint density at radius 1 is 1.53 bits per heavy atom. The van der Waals surface area contributed by atoms with Crippen molar-refractivity contribution in [2.24, 2.45) is 12.2 Å². The molecular formula is C9H13N3O6S. The number of primary sulfonamides is 1. The molecule has 0 fully saturated rings. The summed E-state index contributed by atoms with van der Waals surface area (Å²) in [6, 6.07) is 1.05. The molecule has 1 rings (SSSR count). The number of nitrogens with one attached hydrogen (secondary N) is 1. The molecule has 0 aliphatic carbocycles. The highest BCUT2D eigenvalue weighted by molar-refractivity contribution is 7.89. The molecule has 0 bridgehead atoms. The minimum Gasteiger partial charge on any atom is -0.479 e. The van der Waals surface area contributed by atoms with E-state index < -0.39 is 34.5 Å². The number of carboxylic acids is 1. The molecule has 1 heterocycles. The van der Waals surface area contributed by atoms with Crippen molar-refractivity contribution in [3.05, 3.63) is 18.0 Å². The first-order valence-electron chi connectivity index (χ1n) is 5.01. The second kappa shape index (κ2) is 5.38. The zero-order valence-electron chi connectivity index (χ0n) is 9.90. The fourth-order valence-corrected chi connectivity index (χ4v) is 1.86. The molecule has 1 amide bonds. The number of aryl methyl sites for hydroxylation is 1. The van der Waals surface area contributed by atoms with Gasteiger partial charge in [0.2, 0.25) is 10.0 Å². The lowest BCUT2D eigenvalue weighted by Crippen LogP contribution is -2.37. The average molecular weight is 291 g/mol. The van der Waals surface area contributed by atoms with Crippen LogP contribution in [0.3, 0.4) is 0 Å². The standard InChI is InChI=1S/C9H13N3O6S/c1-12-4-5(19(10,17)18)2-6(12)8(14)11-3-7(13)9(15)16/h2,4,7,13H,3H2,1H3,(H,11,14)(H,15,16)(H2,10,17,18). The molecule has 1 atom stereocenters. The van der Waals surface area contributed by atoms with Crippen LogP contribution in [0.4, 0.5) is 0 Å². The van der Waals surface area contributed by atoms with E-state index in [2.05, 4.69) is 5.32 Å². The Morgan fingerprint density at radius 2 is 2.11 bits per heavy atom.